The summed E-state index contributed by atoms with van der Waals surface area (Å²) >= 11 is 1.47. The number of nitrogens with two attached hydrogens (primary N) is 1. The number of hydrogen-bond acceptors (Lipinski definition) is 4. The Labute approximate surface area is 102 Å². The molecule has 0 aliphatic carbocycles. The maximum Gasteiger partial charge on any atom is 0.341 e. The summed E-state index contributed by atoms with van der Waals surface area (Å²) in [7, 11) is 0. The number of thiophene rings is 1. The number of hydrogen-bond donors (Lipinski definition) is 1. The SMILES string of the molecule is Nc1ccc(F)c(C(=O)OCc2cccs2)c1. The molecule has 0 aliphatic rings. The number of carbonyl (C=O) groups is 1. The van der Waals surface area contributed by atoms with Crippen molar-refractivity contribution in [3.05, 3.63) is 52.0 Å². The Balaban J connectivity index is 2.07. The highest BCUT2D eigenvalue weighted by Gasteiger charge is 2.13. The molecule has 2 N–H and O–H groups in total. The predicted octanol–water partition coefficient (Wildman–Crippen LogP) is 2.83. The summed E-state index contributed by atoms with van der Waals surface area (Å²) in [6.45, 7) is 0.144. The summed E-state index contributed by atoms with van der Waals surface area (Å²) in [5.41, 5.74) is 5.67. The fraction of sp³-hybridized carbons (Fsp3) is 0.0833. The summed E-state index contributed by atoms with van der Waals surface area (Å²) in [5, 5.41) is 1.88. The van der Waals surface area contributed by atoms with Gasteiger partial charge in [0.1, 0.15) is 12.4 Å². The van der Waals surface area contributed by atoms with Crippen LogP contribution in [0.3, 0.4) is 0 Å². The first kappa shape index (κ1) is 11.6. The lowest BCUT2D eigenvalue weighted by Crippen LogP contribution is -2.07. The van der Waals surface area contributed by atoms with Crippen molar-refractivity contribution in [2.24, 2.45) is 0 Å². The molecule has 0 fully saturated rings. The number of ether oxygens (including phenoxy) is 1. The van der Waals surface area contributed by atoms with Gasteiger partial charge in [-0.05, 0) is 29.6 Å². The molecule has 0 radical (unpaired) electrons. The summed E-state index contributed by atoms with van der Waals surface area (Å²) in [6.07, 6.45) is 0. The van der Waals surface area contributed by atoms with Crippen molar-refractivity contribution in [1.29, 1.82) is 0 Å². The van der Waals surface area contributed by atoms with Crippen molar-refractivity contribution in [2.75, 3.05) is 5.73 Å². The number of nitrogen functional groups attached to an aromatic ring is 1. The molecule has 0 aliphatic heterocycles. The zero-order valence-corrected chi connectivity index (χ0v) is 9.67. The van der Waals surface area contributed by atoms with Crippen LogP contribution >= 0.6 is 11.3 Å². The highest BCUT2D eigenvalue weighted by atomic mass is 32.1. The van der Waals surface area contributed by atoms with Gasteiger partial charge in [-0.25, -0.2) is 9.18 Å². The minimum absolute atomic E-state index is 0.137. The molecule has 0 amide bonds. The van der Waals surface area contributed by atoms with E-state index in [2.05, 4.69) is 0 Å². The predicted molar refractivity (Wildman–Crippen MR) is 64.3 cm³/mol. The van der Waals surface area contributed by atoms with Crippen LogP contribution < -0.4 is 5.73 Å². The molecular weight excluding hydrogens is 241 g/mol. The Morgan fingerprint density at radius 2 is 2.24 bits per heavy atom. The van der Waals surface area contributed by atoms with Crippen LogP contribution in [0.2, 0.25) is 0 Å². The van der Waals surface area contributed by atoms with Crippen molar-refractivity contribution >= 4 is 23.0 Å². The highest BCUT2D eigenvalue weighted by Crippen LogP contribution is 2.15. The molecule has 2 aromatic rings. The quantitative estimate of drug-likeness (QED) is 0.674. The Hall–Kier alpha value is -1.88. The van der Waals surface area contributed by atoms with Crippen LogP contribution in [0.1, 0.15) is 15.2 Å². The number of rotatable bonds is 3. The lowest BCUT2D eigenvalue weighted by molar-refractivity contribution is 0.0471. The van der Waals surface area contributed by atoms with Gasteiger partial charge in [-0.3, -0.25) is 0 Å². The monoisotopic (exact) mass is 251 g/mol. The van der Waals surface area contributed by atoms with E-state index in [1.165, 1.54) is 23.5 Å². The van der Waals surface area contributed by atoms with Gasteiger partial charge in [-0.2, -0.15) is 0 Å². The van der Waals surface area contributed by atoms with Crippen LogP contribution in [0, 0.1) is 5.82 Å². The second-order valence-corrected chi connectivity index (χ2v) is 4.43. The van der Waals surface area contributed by atoms with Gasteiger partial charge in [0.15, 0.2) is 0 Å². The summed E-state index contributed by atoms with van der Waals surface area (Å²) < 4.78 is 18.3. The summed E-state index contributed by atoms with van der Waals surface area (Å²) in [5.74, 6) is -1.33. The van der Waals surface area contributed by atoms with E-state index in [1.54, 1.807) is 0 Å². The van der Waals surface area contributed by atoms with Gasteiger partial charge in [0.2, 0.25) is 0 Å². The number of benzene rings is 1. The molecule has 0 saturated heterocycles. The standard InChI is InChI=1S/C12H10FNO2S/c13-11-4-3-8(14)6-10(11)12(15)16-7-9-2-1-5-17-9/h1-6H,7,14H2. The van der Waals surface area contributed by atoms with Crippen LogP contribution in [-0.2, 0) is 11.3 Å². The zero-order valence-electron chi connectivity index (χ0n) is 8.85. The molecule has 0 atom stereocenters. The Bertz CT molecular complexity index is 525. The van der Waals surface area contributed by atoms with E-state index >= 15 is 0 Å². The van der Waals surface area contributed by atoms with Crippen molar-refractivity contribution in [3.63, 3.8) is 0 Å². The van der Waals surface area contributed by atoms with Crippen molar-refractivity contribution in [1.82, 2.24) is 0 Å². The molecule has 17 heavy (non-hydrogen) atoms. The fourth-order valence-electron chi connectivity index (χ4n) is 1.31. The van der Waals surface area contributed by atoms with E-state index in [0.29, 0.717) is 5.69 Å². The number of esters is 1. The zero-order chi connectivity index (χ0) is 12.3. The Morgan fingerprint density at radius 3 is 2.94 bits per heavy atom. The first-order valence-electron chi connectivity index (χ1n) is 4.91. The van der Waals surface area contributed by atoms with Crippen LogP contribution in [0.25, 0.3) is 0 Å². The first-order valence-corrected chi connectivity index (χ1v) is 5.79. The third-order valence-corrected chi connectivity index (χ3v) is 2.99. The molecule has 1 aromatic carbocycles. The normalized spacial score (nSPS) is 10.2. The topological polar surface area (TPSA) is 52.3 Å². The lowest BCUT2D eigenvalue weighted by atomic mass is 10.2. The summed E-state index contributed by atoms with van der Waals surface area (Å²) in [6, 6.07) is 7.51. The van der Waals surface area contributed by atoms with Gasteiger partial charge in [0, 0.05) is 10.6 Å². The van der Waals surface area contributed by atoms with Gasteiger partial charge in [0.05, 0.1) is 5.56 Å². The molecule has 0 unspecified atom stereocenters. The smallest absolute Gasteiger partial charge is 0.341 e. The van der Waals surface area contributed by atoms with Gasteiger partial charge in [0.25, 0.3) is 0 Å². The molecule has 2 rings (SSSR count). The molecule has 0 spiro atoms. The van der Waals surface area contributed by atoms with E-state index < -0.39 is 11.8 Å². The maximum atomic E-state index is 13.3. The lowest BCUT2D eigenvalue weighted by Gasteiger charge is -2.05. The van der Waals surface area contributed by atoms with Crippen LogP contribution in [0.15, 0.2) is 35.7 Å². The van der Waals surface area contributed by atoms with Gasteiger partial charge in [-0.1, -0.05) is 6.07 Å². The summed E-state index contributed by atoms with van der Waals surface area (Å²) in [4.78, 5) is 12.5. The number of anilines is 1. The molecule has 0 bridgehead atoms. The van der Waals surface area contributed by atoms with Gasteiger partial charge >= 0.3 is 5.97 Å². The van der Waals surface area contributed by atoms with E-state index in [9.17, 15) is 9.18 Å². The van der Waals surface area contributed by atoms with E-state index in [-0.39, 0.29) is 12.2 Å². The largest absolute Gasteiger partial charge is 0.456 e. The number of carbonyl (C=O) groups excluding carboxylic acids is 1. The van der Waals surface area contributed by atoms with Gasteiger partial charge < -0.3 is 10.5 Å². The van der Waals surface area contributed by atoms with E-state index in [0.717, 1.165) is 10.9 Å². The third-order valence-electron chi connectivity index (χ3n) is 2.14. The Kier molecular flexibility index (Phi) is 3.39. The van der Waals surface area contributed by atoms with Crippen LogP contribution in [0.5, 0.6) is 0 Å². The molecule has 1 heterocycles. The molecule has 0 saturated carbocycles. The minimum Gasteiger partial charge on any atom is -0.456 e. The second-order valence-electron chi connectivity index (χ2n) is 3.39. The molecule has 1 aromatic heterocycles. The average Bonchev–Trinajstić information content (AvgIpc) is 2.82. The maximum absolute atomic E-state index is 13.3. The molecule has 88 valence electrons. The molecular formula is C12H10FNO2S. The molecule has 3 nitrogen and oxygen atoms in total. The van der Waals surface area contributed by atoms with Crippen LogP contribution in [-0.4, -0.2) is 5.97 Å². The van der Waals surface area contributed by atoms with E-state index in [4.69, 9.17) is 10.5 Å². The molecule has 5 heteroatoms. The Morgan fingerprint density at radius 1 is 1.41 bits per heavy atom. The van der Waals surface area contributed by atoms with Crippen molar-refractivity contribution in [2.45, 2.75) is 6.61 Å². The second kappa shape index (κ2) is 4.97. The third kappa shape index (κ3) is 2.82. The average molecular weight is 251 g/mol. The van der Waals surface area contributed by atoms with Gasteiger partial charge in [-0.15, -0.1) is 11.3 Å². The first-order chi connectivity index (χ1) is 8.16. The van der Waals surface area contributed by atoms with Crippen molar-refractivity contribution in [3.8, 4) is 0 Å². The van der Waals surface area contributed by atoms with Crippen molar-refractivity contribution < 1.29 is 13.9 Å². The fourth-order valence-corrected chi connectivity index (χ4v) is 1.92. The van der Waals surface area contributed by atoms with Crippen LogP contribution in [0.4, 0.5) is 10.1 Å². The highest BCUT2D eigenvalue weighted by molar-refractivity contribution is 7.09. The minimum atomic E-state index is -0.705. The number of halogens is 1. The van der Waals surface area contributed by atoms with E-state index in [1.807, 2.05) is 17.5 Å².